The van der Waals surface area contributed by atoms with Crippen molar-refractivity contribution in [2.45, 2.75) is 13.5 Å². The van der Waals surface area contributed by atoms with Crippen molar-refractivity contribution < 1.29 is 4.74 Å². The van der Waals surface area contributed by atoms with Gasteiger partial charge >= 0.3 is 0 Å². The molecule has 0 amide bonds. The Balaban J connectivity index is 2.52. The van der Waals surface area contributed by atoms with Crippen LogP contribution in [0.2, 0.25) is 0 Å². The lowest BCUT2D eigenvalue weighted by atomic mass is 10.2. The van der Waals surface area contributed by atoms with Gasteiger partial charge in [0, 0.05) is 7.11 Å². The second kappa shape index (κ2) is 4.76. The average Bonchev–Trinajstić information content (AvgIpc) is 2.72. The Hall–Kier alpha value is -2.19. The Bertz CT molecular complexity index is 568. The minimum atomic E-state index is 0.299. The van der Waals surface area contributed by atoms with Gasteiger partial charge in [0.2, 0.25) is 0 Å². The monoisotopic (exact) mass is 228 g/mol. The fourth-order valence-electron chi connectivity index (χ4n) is 1.62. The van der Waals surface area contributed by atoms with E-state index in [4.69, 9.17) is 10.00 Å². The summed E-state index contributed by atoms with van der Waals surface area (Å²) in [6, 6.07) is 9.85. The first kappa shape index (κ1) is 11.3. The van der Waals surface area contributed by atoms with Gasteiger partial charge in [-0.25, -0.2) is 4.68 Å². The number of aryl methyl sites for hydroxylation is 1. The Morgan fingerprint density at radius 2 is 2.29 bits per heavy atom. The van der Waals surface area contributed by atoms with Crippen molar-refractivity contribution in [2.75, 3.05) is 7.11 Å². The first-order valence-electron chi connectivity index (χ1n) is 5.17. The standard InChI is InChI=1S/C12H12N4O/c1-9-4-3-5-10(6-9)16-12(8-17-2)11(7-13)14-15-16/h3-6H,8H2,1-2H3. The number of hydrogen-bond donors (Lipinski definition) is 0. The van der Waals surface area contributed by atoms with E-state index < -0.39 is 0 Å². The molecule has 0 aliphatic carbocycles. The Labute approximate surface area is 99.2 Å². The van der Waals surface area contributed by atoms with Crippen molar-refractivity contribution in [1.29, 1.82) is 5.26 Å². The van der Waals surface area contributed by atoms with Crippen molar-refractivity contribution >= 4 is 0 Å². The van der Waals surface area contributed by atoms with E-state index in [1.165, 1.54) is 0 Å². The van der Waals surface area contributed by atoms with Crippen LogP contribution in [0.3, 0.4) is 0 Å². The molecule has 0 N–H and O–H groups in total. The predicted octanol–water partition coefficient (Wildman–Crippen LogP) is 1.59. The topological polar surface area (TPSA) is 63.7 Å². The zero-order valence-corrected chi connectivity index (χ0v) is 9.71. The van der Waals surface area contributed by atoms with Crippen molar-refractivity contribution in [2.24, 2.45) is 0 Å². The van der Waals surface area contributed by atoms with Gasteiger partial charge in [-0.1, -0.05) is 17.3 Å². The molecule has 0 saturated heterocycles. The highest BCUT2D eigenvalue weighted by atomic mass is 16.5. The first-order valence-corrected chi connectivity index (χ1v) is 5.17. The largest absolute Gasteiger partial charge is 0.378 e. The second-order valence-corrected chi connectivity index (χ2v) is 3.68. The number of benzene rings is 1. The predicted molar refractivity (Wildman–Crippen MR) is 61.5 cm³/mol. The minimum Gasteiger partial charge on any atom is -0.378 e. The lowest BCUT2D eigenvalue weighted by Gasteiger charge is -2.06. The lowest BCUT2D eigenvalue weighted by molar-refractivity contribution is 0.179. The third-order valence-corrected chi connectivity index (χ3v) is 2.40. The third-order valence-electron chi connectivity index (χ3n) is 2.40. The van der Waals surface area contributed by atoms with E-state index in [1.54, 1.807) is 11.8 Å². The van der Waals surface area contributed by atoms with Gasteiger partial charge in [-0.15, -0.1) is 5.10 Å². The van der Waals surface area contributed by atoms with Crippen LogP contribution in [0.15, 0.2) is 24.3 Å². The maximum atomic E-state index is 8.94. The van der Waals surface area contributed by atoms with Gasteiger partial charge in [0.1, 0.15) is 11.8 Å². The molecule has 0 bridgehead atoms. The molecule has 5 heteroatoms. The van der Waals surface area contributed by atoms with Gasteiger partial charge in [0.15, 0.2) is 5.69 Å². The Morgan fingerprint density at radius 1 is 1.47 bits per heavy atom. The number of rotatable bonds is 3. The average molecular weight is 228 g/mol. The summed E-state index contributed by atoms with van der Waals surface area (Å²) in [6.07, 6.45) is 0. The lowest BCUT2D eigenvalue weighted by Crippen LogP contribution is -2.04. The summed E-state index contributed by atoms with van der Waals surface area (Å²) >= 11 is 0. The van der Waals surface area contributed by atoms with E-state index in [1.807, 2.05) is 37.3 Å². The van der Waals surface area contributed by atoms with Crippen molar-refractivity contribution in [1.82, 2.24) is 15.0 Å². The van der Waals surface area contributed by atoms with Crippen LogP contribution in [0, 0.1) is 18.3 Å². The number of hydrogen-bond acceptors (Lipinski definition) is 4. The fraction of sp³-hybridized carbons (Fsp3) is 0.250. The van der Waals surface area contributed by atoms with Crippen molar-refractivity contribution in [3.63, 3.8) is 0 Å². The van der Waals surface area contributed by atoms with Crippen LogP contribution in [-0.2, 0) is 11.3 Å². The maximum Gasteiger partial charge on any atom is 0.188 e. The number of nitriles is 1. The number of nitrogens with zero attached hydrogens (tertiary/aromatic N) is 4. The normalized spacial score (nSPS) is 10.2. The molecule has 0 atom stereocenters. The highest BCUT2D eigenvalue weighted by molar-refractivity contribution is 5.38. The molecule has 1 aromatic heterocycles. The Morgan fingerprint density at radius 3 is 2.94 bits per heavy atom. The van der Waals surface area contributed by atoms with E-state index in [9.17, 15) is 0 Å². The summed E-state index contributed by atoms with van der Waals surface area (Å²) in [5.41, 5.74) is 2.97. The van der Waals surface area contributed by atoms with Crippen LogP contribution in [-0.4, -0.2) is 22.1 Å². The zero-order chi connectivity index (χ0) is 12.3. The van der Waals surface area contributed by atoms with Crippen LogP contribution in [0.5, 0.6) is 0 Å². The summed E-state index contributed by atoms with van der Waals surface area (Å²) in [6.45, 7) is 2.31. The van der Waals surface area contributed by atoms with Crippen LogP contribution in [0.4, 0.5) is 0 Å². The van der Waals surface area contributed by atoms with Gasteiger partial charge in [-0.3, -0.25) is 0 Å². The van der Waals surface area contributed by atoms with Crippen molar-refractivity contribution in [3.05, 3.63) is 41.2 Å². The van der Waals surface area contributed by atoms with E-state index in [-0.39, 0.29) is 0 Å². The first-order chi connectivity index (χ1) is 8.26. The van der Waals surface area contributed by atoms with Crippen LogP contribution in [0.25, 0.3) is 5.69 Å². The molecule has 17 heavy (non-hydrogen) atoms. The molecular formula is C12H12N4O. The molecule has 1 aromatic carbocycles. The molecule has 5 nitrogen and oxygen atoms in total. The molecule has 2 rings (SSSR count). The quantitative estimate of drug-likeness (QED) is 0.800. The summed E-state index contributed by atoms with van der Waals surface area (Å²) in [7, 11) is 1.58. The zero-order valence-electron chi connectivity index (χ0n) is 9.71. The van der Waals surface area contributed by atoms with Crippen LogP contribution < -0.4 is 0 Å². The summed E-state index contributed by atoms with van der Waals surface area (Å²) in [4.78, 5) is 0. The smallest absolute Gasteiger partial charge is 0.188 e. The van der Waals surface area contributed by atoms with E-state index in [0.717, 1.165) is 11.3 Å². The molecule has 0 aliphatic rings. The SMILES string of the molecule is COCc1c(C#N)nnn1-c1cccc(C)c1. The van der Waals surface area contributed by atoms with Crippen LogP contribution in [0.1, 0.15) is 17.0 Å². The number of ether oxygens (including phenoxy) is 1. The highest BCUT2D eigenvalue weighted by Crippen LogP contribution is 2.14. The van der Waals surface area contributed by atoms with Crippen LogP contribution >= 0.6 is 0 Å². The highest BCUT2D eigenvalue weighted by Gasteiger charge is 2.13. The molecular weight excluding hydrogens is 216 g/mol. The van der Waals surface area contributed by atoms with E-state index in [0.29, 0.717) is 18.0 Å². The Kier molecular flexibility index (Phi) is 3.17. The molecule has 0 fully saturated rings. The molecule has 0 aliphatic heterocycles. The second-order valence-electron chi connectivity index (χ2n) is 3.68. The van der Waals surface area contributed by atoms with Crippen molar-refractivity contribution in [3.8, 4) is 11.8 Å². The summed E-state index contributed by atoms with van der Waals surface area (Å²) < 4.78 is 6.70. The van der Waals surface area contributed by atoms with Gasteiger partial charge in [0.25, 0.3) is 0 Å². The number of aromatic nitrogens is 3. The maximum absolute atomic E-state index is 8.94. The molecule has 0 unspecified atom stereocenters. The summed E-state index contributed by atoms with van der Waals surface area (Å²) in [5.74, 6) is 0. The van der Waals surface area contributed by atoms with E-state index >= 15 is 0 Å². The molecule has 0 spiro atoms. The molecule has 0 saturated carbocycles. The van der Waals surface area contributed by atoms with Gasteiger partial charge < -0.3 is 4.74 Å². The third kappa shape index (κ3) is 2.17. The van der Waals surface area contributed by atoms with Gasteiger partial charge in [0.05, 0.1) is 12.3 Å². The molecule has 2 aromatic rings. The summed E-state index contributed by atoms with van der Waals surface area (Å²) in [5, 5.41) is 16.8. The minimum absolute atomic E-state index is 0.299. The fourth-order valence-corrected chi connectivity index (χ4v) is 1.62. The van der Waals surface area contributed by atoms with Gasteiger partial charge in [-0.05, 0) is 24.6 Å². The number of methoxy groups -OCH3 is 1. The molecule has 1 heterocycles. The molecule has 86 valence electrons. The van der Waals surface area contributed by atoms with E-state index in [2.05, 4.69) is 10.3 Å². The molecule has 0 radical (unpaired) electrons. The van der Waals surface area contributed by atoms with Gasteiger partial charge in [-0.2, -0.15) is 5.26 Å².